The number of anilines is 3. The number of imide groups is 1. The van der Waals surface area contributed by atoms with Gasteiger partial charge in [0.15, 0.2) is 0 Å². The van der Waals surface area contributed by atoms with E-state index in [4.69, 9.17) is 5.73 Å². The molecule has 2 aromatic carbocycles. The van der Waals surface area contributed by atoms with Crippen molar-refractivity contribution in [1.29, 1.82) is 0 Å². The fourth-order valence-corrected chi connectivity index (χ4v) is 3.99. The standard InChI is InChI=1S/C21H20N8O4S/c1-13-18(20(31)29(27-13)19(30)14-3-5-15(22)6-4-14)26-25-16-7-9-17(10-8-16)34(32,33)28-21-23-11-2-12-24-21/h2-12,18,25-26H,22H2,1H3,(H,23,24,28). The molecule has 1 aliphatic rings. The van der Waals surface area contributed by atoms with Crippen molar-refractivity contribution in [3.8, 4) is 0 Å². The zero-order valence-corrected chi connectivity index (χ0v) is 18.7. The fourth-order valence-electron chi connectivity index (χ4n) is 3.03. The molecule has 2 amide bonds. The van der Waals surface area contributed by atoms with Gasteiger partial charge in [0.05, 0.1) is 10.6 Å². The molecule has 2 heterocycles. The molecule has 12 nitrogen and oxygen atoms in total. The molecule has 1 atom stereocenters. The number of aromatic nitrogens is 2. The summed E-state index contributed by atoms with van der Waals surface area (Å²) in [5.41, 5.74) is 12.9. The van der Waals surface area contributed by atoms with Crippen LogP contribution in [-0.4, -0.2) is 47.0 Å². The van der Waals surface area contributed by atoms with E-state index in [1.807, 2.05) is 0 Å². The maximum absolute atomic E-state index is 12.7. The van der Waals surface area contributed by atoms with Gasteiger partial charge in [-0.2, -0.15) is 10.1 Å². The Kier molecular flexibility index (Phi) is 6.21. The second-order valence-electron chi connectivity index (χ2n) is 7.22. The van der Waals surface area contributed by atoms with E-state index in [0.29, 0.717) is 17.1 Å². The van der Waals surface area contributed by atoms with Crippen LogP contribution in [0, 0.1) is 0 Å². The first-order valence-corrected chi connectivity index (χ1v) is 11.4. The Balaban J connectivity index is 1.39. The lowest BCUT2D eigenvalue weighted by molar-refractivity contribution is -0.127. The number of carbonyl (C=O) groups is 2. The van der Waals surface area contributed by atoms with E-state index in [1.165, 1.54) is 48.8 Å². The Labute approximate surface area is 194 Å². The van der Waals surface area contributed by atoms with Crippen molar-refractivity contribution < 1.29 is 18.0 Å². The van der Waals surface area contributed by atoms with Crippen LogP contribution in [0.15, 0.2) is 77.0 Å². The van der Waals surface area contributed by atoms with Gasteiger partial charge in [0.1, 0.15) is 6.04 Å². The van der Waals surface area contributed by atoms with E-state index in [0.717, 1.165) is 5.01 Å². The number of hydrazine groups is 1. The van der Waals surface area contributed by atoms with Crippen LogP contribution in [0.4, 0.5) is 17.3 Å². The van der Waals surface area contributed by atoms with Crippen LogP contribution in [0.5, 0.6) is 0 Å². The van der Waals surface area contributed by atoms with E-state index in [-0.39, 0.29) is 16.4 Å². The van der Waals surface area contributed by atoms with Crippen LogP contribution in [-0.2, 0) is 14.8 Å². The van der Waals surface area contributed by atoms with Crippen LogP contribution in [0.25, 0.3) is 0 Å². The predicted molar refractivity (Wildman–Crippen MR) is 125 cm³/mol. The normalized spacial score (nSPS) is 15.7. The van der Waals surface area contributed by atoms with Gasteiger partial charge in [0.2, 0.25) is 5.95 Å². The lowest BCUT2D eigenvalue weighted by atomic mass is 10.1. The van der Waals surface area contributed by atoms with Crippen molar-refractivity contribution in [3.63, 3.8) is 0 Å². The number of nitrogen functional groups attached to an aromatic ring is 1. The van der Waals surface area contributed by atoms with Crippen LogP contribution in [0.3, 0.4) is 0 Å². The molecule has 0 fully saturated rings. The second kappa shape index (κ2) is 9.25. The number of hydrogen-bond acceptors (Lipinski definition) is 10. The molecule has 13 heteroatoms. The minimum atomic E-state index is -3.87. The maximum Gasteiger partial charge on any atom is 0.281 e. The Morgan fingerprint density at radius 1 is 1.03 bits per heavy atom. The number of benzene rings is 2. The molecule has 3 aromatic rings. The molecular formula is C21H20N8O4S. The van der Waals surface area contributed by atoms with Crippen molar-refractivity contribution in [3.05, 3.63) is 72.6 Å². The van der Waals surface area contributed by atoms with E-state index in [2.05, 4.69) is 30.6 Å². The van der Waals surface area contributed by atoms with Crippen molar-refractivity contribution in [2.75, 3.05) is 15.9 Å². The number of nitrogens with two attached hydrogens (primary N) is 1. The summed E-state index contributed by atoms with van der Waals surface area (Å²) in [6, 6.07) is 12.6. The molecule has 0 saturated heterocycles. The number of sulfonamides is 1. The second-order valence-corrected chi connectivity index (χ2v) is 8.91. The van der Waals surface area contributed by atoms with Gasteiger partial charge in [0.25, 0.3) is 21.8 Å². The minimum absolute atomic E-state index is 0.000425. The fraction of sp³-hybridized carbons (Fsp3) is 0.0952. The van der Waals surface area contributed by atoms with Gasteiger partial charge < -0.3 is 11.2 Å². The van der Waals surface area contributed by atoms with E-state index in [9.17, 15) is 18.0 Å². The van der Waals surface area contributed by atoms with Crippen molar-refractivity contribution in [2.45, 2.75) is 17.9 Å². The molecule has 34 heavy (non-hydrogen) atoms. The molecule has 0 aliphatic carbocycles. The number of carbonyl (C=O) groups excluding carboxylic acids is 2. The highest BCUT2D eigenvalue weighted by Crippen LogP contribution is 2.18. The van der Waals surface area contributed by atoms with Gasteiger partial charge in [0, 0.05) is 29.3 Å². The van der Waals surface area contributed by atoms with Crippen LogP contribution in [0.1, 0.15) is 17.3 Å². The lowest BCUT2D eigenvalue weighted by Crippen LogP contribution is -2.46. The summed E-state index contributed by atoms with van der Waals surface area (Å²) in [7, 11) is -3.87. The molecule has 1 unspecified atom stereocenters. The van der Waals surface area contributed by atoms with Crippen LogP contribution >= 0.6 is 0 Å². The zero-order chi connectivity index (χ0) is 24.3. The van der Waals surface area contributed by atoms with Gasteiger partial charge in [-0.1, -0.05) is 0 Å². The predicted octanol–water partition coefficient (Wildman–Crippen LogP) is 1.20. The first-order chi connectivity index (χ1) is 16.2. The zero-order valence-electron chi connectivity index (χ0n) is 17.8. The van der Waals surface area contributed by atoms with Crippen LogP contribution in [0.2, 0.25) is 0 Å². The number of nitrogens with zero attached hydrogens (tertiary/aromatic N) is 4. The summed E-state index contributed by atoms with van der Waals surface area (Å²) in [5, 5.41) is 4.86. The maximum atomic E-state index is 12.7. The van der Waals surface area contributed by atoms with Crippen LogP contribution < -0.4 is 21.3 Å². The van der Waals surface area contributed by atoms with Gasteiger partial charge >= 0.3 is 0 Å². The quantitative estimate of drug-likeness (QED) is 0.220. The van der Waals surface area contributed by atoms with E-state index in [1.54, 1.807) is 25.1 Å². The topological polar surface area (TPSA) is 172 Å². The summed E-state index contributed by atoms with van der Waals surface area (Å²) in [4.78, 5) is 33.0. The van der Waals surface area contributed by atoms with Gasteiger partial charge in [-0.25, -0.2) is 28.5 Å². The molecule has 1 aliphatic heterocycles. The molecule has 0 bridgehead atoms. The monoisotopic (exact) mass is 480 g/mol. The summed E-state index contributed by atoms with van der Waals surface area (Å²) in [5.74, 6) is -1.17. The average molecular weight is 481 g/mol. The molecular weight excluding hydrogens is 460 g/mol. The van der Waals surface area contributed by atoms with Gasteiger partial charge in [-0.05, 0) is 61.5 Å². The number of hydrogen-bond donors (Lipinski definition) is 4. The summed E-state index contributed by atoms with van der Waals surface area (Å²) < 4.78 is 27.2. The first kappa shape index (κ1) is 22.8. The highest BCUT2D eigenvalue weighted by molar-refractivity contribution is 7.92. The Bertz CT molecular complexity index is 1340. The molecule has 5 N–H and O–H groups in total. The summed E-state index contributed by atoms with van der Waals surface area (Å²) >= 11 is 0. The number of nitrogens with one attached hydrogen (secondary N) is 3. The Morgan fingerprint density at radius 3 is 2.32 bits per heavy atom. The number of rotatable bonds is 7. The molecule has 0 spiro atoms. The highest BCUT2D eigenvalue weighted by Gasteiger charge is 2.37. The Morgan fingerprint density at radius 2 is 1.68 bits per heavy atom. The molecule has 0 saturated carbocycles. The number of hydrazone groups is 1. The molecule has 0 radical (unpaired) electrons. The van der Waals surface area contributed by atoms with Crippen molar-refractivity contribution in [2.24, 2.45) is 5.10 Å². The van der Waals surface area contributed by atoms with E-state index >= 15 is 0 Å². The average Bonchev–Trinajstić information content (AvgIpc) is 3.11. The largest absolute Gasteiger partial charge is 0.399 e. The minimum Gasteiger partial charge on any atom is -0.399 e. The lowest BCUT2D eigenvalue weighted by Gasteiger charge is -2.16. The molecule has 4 rings (SSSR count). The first-order valence-electron chi connectivity index (χ1n) is 9.95. The smallest absolute Gasteiger partial charge is 0.281 e. The third-order valence-electron chi connectivity index (χ3n) is 4.80. The van der Waals surface area contributed by atoms with Gasteiger partial charge in [-0.15, -0.1) is 0 Å². The Hall–Kier alpha value is -4.36. The summed E-state index contributed by atoms with van der Waals surface area (Å²) in [6.45, 7) is 1.61. The molecule has 1 aromatic heterocycles. The summed E-state index contributed by atoms with van der Waals surface area (Å²) in [6.07, 6.45) is 2.84. The highest BCUT2D eigenvalue weighted by atomic mass is 32.2. The SMILES string of the molecule is CC1=NN(C(=O)c2ccc(N)cc2)C(=O)C1NNc1ccc(S(=O)(=O)Nc2ncccn2)cc1. The van der Waals surface area contributed by atoms with E-state index < -0.39 is 27.9 Å². The van der Waals surface area contributed by atoms with Gasteiger partial charge in [-0.3, -0.25) is 9.59 Å². The third-order valence-corrected chi connectivity index (χ3v) is 6.14. The van der Waals surface area contributed by atoms with Crippen molar-refractivity contribution in [1.82, 2.24) is 20.4 Å². The van der Waals surface area contributed by atoms with Crippen molar-refractivity contribution >= 4 is 44.9 Å². The molecule has 174 valence electrons. The number of amides is 2. The third kappa shape index (κ3) is 4.84.